The summed E-state index contributed by atoms with van der Waals surface area (Å²) < 4.78 is 28.1. The molecule has 1 aliphatic rings. The first-order chi connectivity index (χ1) is 11.5. The molecule has 128 valence electrons. The number of benzene rings is 1. The molecule has 1 saturated heterocycles. The zero-order valence-corrected chi connectivity index (χ0v) is 16.7. The van der Waals surface area contributed by atoms with Gasteiger partial charge in [-0.25, -0.2) is 8.42 Å². The van der Waals surface area contributed by atoms with Crippen molar-refractivity contribution in [3.05, 3.63) is 44.2 Å². The van der Waals surface area contributed by atoms with Gasteiger partial charge in [-0.3, -0.25) is 4.79 Å². The molecule has 0 unspecified atom stereocenters. The molecule has 2 heterocycles. The summed E-state index contributed by atoms with van der Waals surface area (Å²) in [5, 5.41) is 4.46. The molecule has 1 aliphatic heterocycles. The highest BCUT2D eigenvalue weighted by Gasteiger charge is 2.31. The lowest BCUT2D eigenvalue weighted by atomic mass is 10.2. The van der Waals surface area contributed by atoms with E-state index in [0.717, 1.165) is 34.2 Å². The number of amides is 1. The van der Waals surface area contributed by atoms with Crippen LogP contribution in [0.2, 0.25) is 0 Å². The highest BCUT2D eigenvalue weighted by molar-refractivity contribution is 14.1. The average molecular weight is 476 g/mol. The van der Waals surface area contributed by atoms with Gasteiger partial charge in [-0.1, -0.05) is 18.6 Å². The lowest BCUT2D eigenvalue weighted by Gasteiger charge is -2.25. The molecule has 0 saturated carbocycles. The van der Waals surface area contributed by atoms with E-state index in [4.69, 9.17) is 0 Å². The number of rotatable bonds is 4. The number of hydrogen-bond acceptors (Lipinski definition) is 4. The number of piperidine rings is 1. The monoisotopic (exact) mass is 476 g/mol. The van der Waals surface area contributed by atoms with E-state index >= 15 is 0 Å². The molecular formula is C16H17IN2O3S2. The van der Waals surface area contributed by atoms with E-state index in [2.05, 4.69) is 27.9 Å². The van der Waals surface area contributed by atoms with Crippen molar-refractivity contribution in [2.24, 2.45) is 0 Å². The Morgan fingerprint density at radius 2 is 1.83 bits per heavy atom. The number of nitrogens with one attached hydrogen (secondary N) is 1. The number of anilines is 1. The molecule has 24 heavy (non-hydrogen) atoms. The fraction of sp³-hybridized carbons (Fsp3) is 0.312. The number of thiophene rings is 1. The predicted molar refractivity (Wildman–Crippen MR) is 104 cm³/mol. The molecule has 0 aliphatic carbocycles. The second kappa shape index (κ2) is 7.51. The van der Waals surface area contributed by atoms with E-state index in [9.17, 15) is 13.2 Å². The standard InChI is InChI=1S/C16H17IN2O3S2/c17-12-6-2-3-7-13(12)18-16(20)15-14(8-11-23-15)24(21,22)19-9-4-1-5-10-19/h2-3,6-8,11H,1,4-5,9-10H2,(H,18,20). The van der Waals surface area contributed by atoms with Gasteiger partial charge in [0.25, 0.3) is 5.91 Å². The molecule has 1 amide bonds. The van der Waals surface area contributed by atoms with Gasteiger partial charge in [0.15, 0.2) is 0 Å². The van der Waals surface area contributed by atoms with Crippen LogP contribution in [0.3, 0.4) is 0 Å². The summed E-state index contributed by atoms with van der Waals surface area (Å²) in [5.41, 5.74) is 0.679. The Bertz CT molecular complexity index is 843. The Morgan fingerprint density at radius 3 is 2.54 bits per heavy atom. The fourth-order valence-electron chi connectivity index (χ4n) is 2.65. The van der Waals surface area contributed by atoms with Crippen LogP contribution >= 0.6 is 33.9 Å². The van der Waals surface area contributed by atoms with Crippen LogP contribution in [-0.2, 0) is 10.0 Å². The van der Waals surface area contributed by atoms with Crippen LogP contribution in [0.15, 0.2) is 40.6 Å². The van der Waals surface area contributed by atoms with Crippen LogP contribution < -0.4 is 5.32 Å². The van der Waals surface area contributed by atoms with Crippen LogP contribution in [0.25, 0.3) is 0 Å². The Labute approximate surface area is 159 Å². The minimum absolute atomic E-state index is 0.109. The normalized spacial score (nSPS) is 16.0. The van der Waals surface area contributed by atoms with Crippen molar-refractivity contribution in [2.75, 3.05) is 18.4 Å². The molecule has 1 N–H and O–H groups in total. The van der Waals surface area contributed by atoms with Gasteiger partial charge in [-0.2, -0.15) is 4.31 Å². The van der Waals surface area contributed by atoms with Crippen molar-refractivity contribution in [1.29, 1.82) is 0 Å². The van der Waals surface area contributed by atoms with Gasteiger partial charge >= 0.3 is 0 Å². The first kappa shape index (κ1) is 17.8. The van der Waals surface area contributed by atoms with Gasteiger partial charge in [-0.05, 0) is 59.0 Å². The Kier molecular flexibility index (Phi) is 5.58. The van der Waals surface area contributed by atoms with Crippen molar-refractivity contribution in [1.82, 2.24) is 4.31 Å². The number of hydrogen-bond donors (Lipinski definition) is 1. The van der Waals surface area contributed by atoms with Crippen LogP contribution in [0.5, 0.6) is 0 Å². The zero-order valence-electron chi connectivity index (χ0n) is 12.9. The summed E-state index contributed by atoms with van der Waals surface area (Å²) in [6.07, 6.45) is 2.79. The summed E-state index contributed by atoms with van der Waals surface area (Å²) >= 11 is 3.29. The molecule has 5 nitrogen and oxygen atoms in total. The van der Waals surface area contributed by atoms with Crippen molar-refractivity contribution in [3.8, 4) is 0 Å². The lowest BCUT2D eigenvalue weighted by Crippen LogP contribution is -2.36. The minimum Gasteiger partial charge on any atom is -0.320 e. The van der Waals surface area contributed by atoms with E-state index in [-0.39, 0.29) is 15.7 Å². The van der Waals surface area contributed by atoms with Gasteiger partial charge in [0.2, 0.25) is 10.0 Å². The van der Waals surface area contributed by atoms with E-state index in [1.165, 1.54) is 10.4 Å². The minimum atomic E-state index is -3.62. The maximum Gasteiger partial charge on any atom is 0.267 e. The number of carbonyl (C=O) groups is 1. The molecule has 1 fully saturated rings. The summed E-state index contributed by atoms with van der Waals surface area (Å²) in [4.78, 5) is 12.9. The molecule has 0 spiro atoms. The average Bonchev–Trinajstić information content (AvgIpc) is 3.08. The maximum atomic E-state index is 12.8. The molecule has 0 radical (unpaired) electrons. The Morgan fingerprint density at radius 1 is 1.12 bits per heavy atom. The SMILES string of the molecule is O=C(Nc1ccccc1I)c1sccc1S(=O)(=O)N1CCCCC1. The van der Waals surface area contributed by atoms with Crippen molar-refractivity contribution in [3.63, 3.8) is 0 Å². The lowest BCUT2D eigenvalue weighted by molar-refractivity contribution is 0.102. The summed E-state index contributed by atoms with van der Waals surface area (Å²) in [6, 6.07) is 8.92. The van der Waals surface area contributed by atoms with Crippen LogP contribution in [0.4, 0.5) is 5.69 Å². The predicted octanol–water partition coefficient (Wildman–Crippen LogP) is 3.78. The summed E-state index contributed by atoms with van der Waals surface area (Å²) in [6.45, 7) is 1.05. The molecule has 0 bridgehead atoms. The zero-order chi connectivity index (χ0) is 17.2. The van der Waals surface area contributed by atoms with Crippen molar-refractivity contribution >= 4 is 55.5 Å². The largest absolute Gasteiger partial charge is 0.320 e. The van der Waals surface area contributed by atoms with Gasteiger partial charge in [0.05, 0.1) is 5.69 Å². The summed E-state index contributed by atoms with van der Waals surface area (Å²) in [7, 11) is -3.62. The molecule has 0 atom stereocenters. The van der Waals surface area contributed by atoms with Crippen molar-refractivity contribution < 1.29 is 13.2 Å². The highest BCUT2D eigenvalue weighted by atomic mass is 127. The van der Waals surface area contributed by atoms with E-state index < -0.39 is 10.0 Å². The number of carbonyl (C=O) groups excluding carboxylic acids is 1. The van der Waals surface area contributed by atoms with E-state index in [1.54, 1.807) is 11.4 Å². The molecule has 1 aromatic carbocycles. The number of sulfonamides is 1. The topological polar surface area (TPSA) is 66.5 Å². The third kappa shape index (κ3) is 3.66. The smallest absolute Gasteiger partial charge is 0.267 e. The molecule has 2 aromatic rings. The van der Waals surface area contributed by atoms with Gasteiger partial charge < -0.3 is 5.32 Å². The third-order valence-electron chi connectivity index (χ3n) is 3.89. The van der Waals surface area contributed by atoms with E-state index in [0.29, 0.717) is 18.8 Å². The first-order valence-electron chi connectivity index (χ1n) is 7.63. The third-order valence-corrected chi connectivity index (χ3v) is 7.81. The second-order valence-electron chi connectivity index (χ2n) is 5.51. The first-order valence-corrected chi connectivity index (χ1v) is 11.0. The highest BCUT2D eigenvalue weighted by Crippen LogP contribution is 2.28. The Hall–Kier alpha value is -0.970. The maximum absolute atomic E-state index is 12.8. The van der Waals surface area contributed by atoms with Crippen LogP contribution in [0.1, 0.15) is 28.9 Å². The number of halogens is 1. The summed E-state index contributed by atoms with van der Waals surface area (Å²) in [5.74, 6) is -0.385. The number of nitrogens with zero attached hydrogens (tertiary/aromatic N) is 1. The molecule has 8 heteroatoms. The quantitative estimate of drug-likeness (QED) is 0.684. The number of para-hydroxylation sites is 1. The van der Waals surface area contributed by atoms with Gasteiger partial charge in [0.1, 0.15) is 9.77 Å². The fourth-order valence-corrected chi connectivity index (χ4v) is 5.99. The van der Waals surface area contributed by atoms with E-state index in [1.807, 2.05) is 18.2 Å². The van der Waals surface area contributed by atoms with Gasteiger partial charge in [-0.15, -0.1) is 11.3 Å². The van der Waals surface area contributed by atoms with Crippen LogP contribution in [-0.4, -0.2) is 31.7 Å². The van der Waals surface area contributed by atoms with Crippen LogP contribution in [0, 0.1) is 3.57 Å². The molecule has 3 rings (SSSR count). The molecule has 1 aromatic heterocycles. The van der Waals surface area contributed by atoms with Crippen molar-refractivity contribution in [2.45, 2.75) is 24.2 Å². The molecular weight excluding hydrogens is 459 g/mol. The Balaban J connectivity index is 1.87. The van der Waals surface area contributed by atoms with Gasteiger partial charge in [0, 0.05) is 16.7 Å². The second-order valence-corrected chi connectivity index (χ2v) is 9.50.